The van der Waals surface area contributed by atoms with Crippen molar-refractivity contribution in [3.8, 4) is 0 Å². The third-order valence-electron chi connectivity index (χ3n) is 1.54. The summed E-state index contributed by atoms with van der Waals surface area (Å²) in [5, 5.41) is 0. The van der Waals surface area contributed by atoms with Crippen LogP contribution in [0, 0.1) is 0 Å². The minimum atomic E-state index is -0.568. The molecule has 6 heteroatoms. The van der Waals surface area contributed by atoms with Crippen LogP contribution in [0.25, 0.3) is 0 Å². The topological polar surface area (TPSA) is 48.1 Å². The van der Waals surface area contributed by atoms with Crippen LogP contribution in [0.5, 0.6) is 0 Å². The number of nitrogens with one attached hydrogen (secondary N) is 4. The quantitative estimate of drug-likeness (QED) is 0.238. The van der Waals surface area contributed by atoms with Gasteiger partial charge in [0.1, 0.15) is 5.66 Å². The standard InChI is InChI=1S/C6H10Cl2N4/c7-11-9-6(10-12-8)4-2-1-3-5-6/h2-5,9-12H,1H2. The first kappa shape index (κ1) is 9.98. The number of hydrazine groups is 2. The molecule has 1 rings (SSSR count). The average Bonchev–Trinajstić information content (AvgIpc) is 2.07. The number of allylic oxidation sites excluding steroid dienone is 2. The molecule has 0 unspecified atom stereocenters. The Balaban J connectivity index is 2.63. The highest BCUT2D eigenvalue weighted by Crippen LogP contribution is 2.10. The molecule has 68 valence electrons. The maximum absolute atomic E-state index is 5.32. The molecule has 4 nitrogen and oxygen atoms in total. The smallest absolute Gasteiger partial charge is 0.134 e. The SMILES string of the molecule is ClNNC1(NNCl)C=CCC=C1. The van der Waals surface area contributed by atoms with Crippen molar-refractivity contribution < 1.29 is 0 Å². The van der Waals surface area contributed by atoms with Crippen LogP contribution in [0.15, 0.2) is 24.3 Å². The third kappa shape index (κ3) is 2.45. The van der Waals surface area contributed by atoms with Gasteiger partial charge in [0.15, 0.2) is 0 Å². The monoisotopic (exact) mass is 208 g/mol. The van der Waals surface area contributed by atoms with Crippen molar-refractivity contribution in [2.24, 2.45) is 0 Å². The Morgan fingerprint density at radius 1 is 1.00 bits per heavy atom. The number of halogens is 2. The predicted octanol–water partition coefficient (Wildman–Crippen LogP) is 0.695. The molecule has 12 heavy (non-hydrogen) atoms. The van der Waals surface area contributed by atoms with Crippen LogP contribution in [0.4, 0.5) is 0 Å². The van der Waals surface area contributed by atoms with Gasteiger partial charge in [0.25, 0.3) is 0 Å². The van der Waals surface area contributed by atoms with Gasteiger partial charge < -0.3 is 0 Å². The molecule has 0 saturated heterocycles. The molecule has 0 aliphatic heterocycles. The second-order valence-electron chi connectivity index (χ2n) is 2.35. The van der Waals surface area contributed by atoms with E-state index in [0.29, 0.717) is 0 Å². The van der Waals surface area contributed by atoms with Gasteiger partial charge in [-0.25, -0.2) is 10.9 Å². The molecule has 0 bridgehead atoms. The largest absolute Gasteiger partial charge is 0.215 e. The van der Waals surface area contributed by atoms with Crippen molar-refractivity contribution in [1.29, 1.82) is 0 Å². The Kier molecular flexibility index (Phi) is 4.00. The summed E-state index contributed by atoms with van der Waals surface area (Å²) in [5.41, 5.74) is 5.00. The molecule has 0 saturated carbocycles. The number of hydrogen-bond donors (Lipinski definition) is 4. The maximum Gasteiger partial charge on any atom is 0.134 e. The lowest BCUT2D eigenvalue weighted by Crippen LogP contribution is -2.60. The first-order chi connectivity index (χ1) is 5.83. The van der Waals surface area contributed by atoms with Gasteiger partial charge in [-0.3, -0.25) is 0 Å². The Morgan fingerprint density at radius 2 is 1.50 bits per heavy atom. The third-order valence-corrected chi connectivity index (χ3v) is 1.73. The fourth-order valence-electron chi connectivity index (χ4n) is 0.996. The fraction of sp³-hybridized carbons (Fsp3) is 0.333. The average molecular weight is 209 g/mol. The van der Waals surface area contributed by atoms with E-state index in [-0.39, 0.29) is 0 Å². The van der Waals surface area contributed by atoms with E-state index in [0.717, 1.165) is 6.42 Å². The maximum atomic E-state index is 5.32. The van der Waals surface area contributed by atoms with Gasteiger partial charge >= 0.3 is 0 Å². The van der Waals surface area contributed by atoms with Gasteiger partial charge in [-0.1, -0.05) is 12.2 Å². The molecule has 0 spiro atoms. The molecule has 0 atom stereocenters. The zero-order valence-electron chi connectivity index (χ0n) is 6.27. The Hall–Kier alpha value is -0.100. The van der Waals surface area contributed by atoms with Gasteiger partial charge in [-0.05, 0) is 42.1 Å². The Bertz CT molecular complexity index is 172. The van der Waals surface area contributed by atoms with Crippen LogP contribution < -0.4 is 20.7 Å². The zero-order chi connectivity index (χ0) is 8.86. The highest BCUT2D eigenvalue weighted by molar-refractivity contribution is 6.13. The van der Waals surface area contributed by atoms with E-state index in [1.165, 1.54) is 0 Å². The van der Waals surface area contributed by atoms with Crippen LogP contribution in [0.3, 0.4) is 0 Å². The summed E-state index contributed by atoms with van der Waals surface area (Å²) in [6.07, 6.45) is 8.69. The molecule has 0 aromatic rings. The summed E-state index contributed by atoms with van der Waals surface area (Å²) in [7, 11) is 0. The summed E-state index contributed by atoms with van der Waals surface area (Å²) >= 11 is 10.6. The molecule has 0 radical (unpaired) electrons. The van der Waals surface area contributed by atoms with E-state index in [9.17, 15) is 0 Å². The second-order valence-corrected chi connectivity index (χ2v) is 2.73. The van der Waals surface area contributed by atoms with Crippen molar-refractivity contribution in [2.75, 3.05) is 0 Å². The van der Waals surface area contributed by atoms with E-state index < -0.39 is 5.66 Å². The predicted molar refractivity (Wildman–Crippen MR) is 49.9 cm³/mol. The van der Waals surface area contributed by atoms with Gasteiger partial charge in [0, 0.05) is 0 Å². The molecule has 4 N–H and O–H groups in total. The summed E-state index contributed by atoms with van der Waals surface area (Å²) in [4.78, 5) is 4.64. The molecule has 0 amide bonds. The molecule has 0 fully saturated rings. The Labute approximate surface area is 81.1 Å². The first-order valence-corrected chi connectivity index (χ1v) is 4.19. The van der Waals surface area contributed by atoms with E-state index in [1.807, 2.05) is 24.3 Å². The highest BCUT2D eigenvalue weighted by Gasteiger charge is 2.23. The summed E-state index contributed by atoms with van der Waals surface area (Å²) < 4.78 is 0. The molecule has 0 aromatic carbocycles. The van der Waals surface area contributed by atoms with Crippen molar-refractivity contribution in [3.63, 3.8) is 0 Å². The van der Waals surface area contributed by atoms with Crippen molar-refractivity contribution >= 4 is 23.6 Å². The minimum Gasteiger partial charge on any atom is -0.215 e. The zero-order valence-corrected chi connectivity index (χ0v) is 7.78. The minimum absolute atomic E-state index is 0.568. The summed E-state index contributed by atoms with van der Waals surface area (Å²) in [6, 6.07) is 0. The van der Waals surface area contributed by atoms with E-state index in [2.05, 4.69) is 20.7 Å². The molecule has 0 aromatic heterocycles. The summed E-state index contributed by atoms with van der Waals surface area (Å²) in [6.45, 7) is 0. The van der Waals surface area contributed by atoms with Crippen LogP contribution in [0.1, 0.15) is 6.42 Å². The lowest BCUT2D eigenvalue weighted by Gasteiger charge is -2.29. The summed E-state index contributed by atoms with van der Waals surface area (Å²) in [5.74, 6) is 0. The van der Waals surface area contributed by atoms with Crippen molar-refractivity contribution in [2.45, 2.75) is 12.1 Å². The van der Waals surface area contributed by atoms with E-state index in [1.54, 1.807) is 0 Å². The fourth-order valence-corrected chi connectivity index (χ4v) is 1.31. The molecule has 0 heterocycles. The molecule has 1 aliphatic carbocycles. The molecule has 1 aliphatic rings. The van der Waals surface area contributed by atoms with Crippen LogP contribution in [0.2, 0.25) is 0 Å². The lowest BCUT2D eigenvalue weighted by molar-refractivity contribution is 0.368. The van der Waals surface area contributed by atoms with E-state index in [4.69, 9.17) is 23.6 Å². The normalized spacial score (nSPS) is 19.8. The number of rotatable bonds is 4. The van der Waals surface area contributed by atoms with Gasteiger partial charge in [-0.15, -0.1) is 0 Å². The van der Waals surface area contributed by atoms with E-state index >= 15 is 0 Å². The molecular formula is C6H10Cl2N4. The number of hydrogen-bond acceptors (Lipinski definition) is 4. The second kappa shape index (κ2) is 4.81. The first-order valence-electron chi connectivity index (χ1n) is 3.44. The van der Waals surface area contributed by atoms with Crippen LogP contribution in [-0.2, 0) is 0 Å². The van der Waals surface area contributed by atoms with Crippen molar-refractivity contribution in [1.82, 2.24) is 20.7 Å². The van der Waals surface area contributed by atoms with Crippen LogP contribution >= 0.6 is 23.6 Å². The van der Waals surface area contributed by atoms with Crippen LogP contribution in [-0.4, -0.2) is 5.66 Å². The van der Waals surface area contributed by atoms with Gasteiger partial charge in [0.05, 0.1) is 0 Å². The van der Waals surface area contributed by atoms with Gasteiger partial charge in [0.2, 0.25) is 0 Å². The Morgan fingerprint density at radius 3 is 1.92 bits per heavy atom. The highest BCUT2D eigenvalue weighted by atomic mass is 35.5. The molecular weight excluding hydrogens is 199 g/mol. The van der Waals surface area contributed by atoms with Crippen molar-refractivity contribution in [3.05, 3.63) is 24.3 Å². The lowest BCUT2D eigenvalue weighted by atomic mass is 10.1. The van der Waals surface area contributed by atoms with Gasteiger partial charge in [-0.2, -0.15) is 9.89 Å².